The molecule has 0 aliphatic rings. The van der Waals surface area contributed by atoms with Crippen molar-refractivity contribution in [3.05, 3.63) is 11.9 Å². The van der Waals surface area contributed by atoms with Crippen LogP contribution in [0.2, 0.25) is 0 Å². The average Bonchev–Trinajstić information content (AvgIpc) is 2.52. The van der Waals surface area contributed by atoms with Crippen molar-refractivity contribution in [2.75, 3.05) is 0 Å². The number of aromatic nitrogens is 3. The van der Waals surface area contributed by atoms with Gasteiger partial charge in [-0.3, -0.25) is 4.79 Å². The topological polar surface area (TPSA) is 118 Å². The van der Waals surface area contributed by atoms with Crippen LogP contribution in [0, 0.1) is 11.3 Å². The molecule has 7 nitrogen and oxygen atoms in total. The summed E-state index contributed by atoms with van der Waals surface area (Å²) in [5, 5.41) is 23.8. The molecule has 1 heterocycles. The van der Waals surface area contributed by atoms with Gasteiger partial charge in [-0.05, 0) is 0 Å². The number of nitrogens with two attached hydrogens (primary N) is 1. The van der Waals surface area contributed by atoms with Crippen LogP contribution in [0.5, 0.6) is 0 Å². The van der Waals surface area contributed by atoms with Crippen molar-refractivity contribution in [2.45, 2.75) is 12.6 Å². The van der Waals surface area contributed by atoms with E-state index in [0.717, 1.165) is 0 Å². The highest BCUT2D eigenvalue weighted by molar-refractivity contribution is 5.72. The largest absolute Gasteiger partial charge is 0.480 e. The molecular weight excluding hydrogens is 174 g/mol. The van der Waals surface area contributed by atoms with Gasteiger partial charge in [-0.2, -0.15) is 5.26 Å². The van der Waals surface area contributed by atoms with Gasteiger partial charge in [0.1, 0.15) is 12.1 Å². The van der Waals surface area contributed by atoms with Crippen molar-refractivity contribution in [3.8, 4) is 6.07 Å². The number of hydrogen-bond acceptors (Lipinski definition) is 5. The van der Waals surface area contributed by atoms with Gasteiger partial charge < -0.3 is 10.8 Å². The molecule has 0 saturated carbocycles. The minimum atomic E-state index is -1.12. The Balaban J connectivity index is 2.65. The lowest BCUT2D eigenvalue weighted by Crippen LogP contribution is -2.34. The van der Waals surface area contributed by atoms with Crippen molar-refractivity contribution < 1.29 is 9.90 Å². The first-order chi connectivity index (χ1) is 6.13. The summed E-state index contributed by atoms with van der Waals surface area (Å²) >= 11 is 0. The van der Waals surface area contributed by atoms with Crippen LogP contribution in [0.15, 0.2) is 6.20 Å². The summed E-state index contributed by atoms with van der Waals surface area (Å²) in [6, 6.07) is 0.733. The maximum absolute atomic E-state index is 10.3. The molecule has 0 aliphatic heterocycles. The Bertz CT molecular complexity index is 352. The molecule has 0 saturated heterocycles. The second-order valence-corrected chi connectivity index (χ2v) is 2.38. The van der Waals surface area contributed by atoms with Gasteiger partial charge in [-0.15, -0.1) is 5.10 Å². The van der Waals surface area contributed by atoms with Crippen molar-refractivity contribution >= 4 is 5.97 Å². The number of carboxylic acid groups (broad SMARTS) is 1. The van der Waals surface area contributed by atoms with Gasteiger partial charge in [-0.25, -0.2) is 4.68 Å². The number of nitrogens with zero attached hydrogens (tertiary/aromatic N) is 4. The lowest BCUT2D eigenvalue weighted by molar-refractivity contribution is -0.138. The molecule has 1 rings (SSSR count). The summed E-state index contributed by atoms with van der Waals surface area (Å²) in [5.41, 5.74) is 5.36. The van der Waals surface area contributed by atoms with E-state index < -0.39 is 12.0 Å². The number of aliphatic carboxylic acids is 1. The highest BCUT2D eigenvalue weighted by atomic mass is 16.4. The first-order valence-corrected chi connectivity index (χ1v) is 3.42. The van der Waals surface area contributed by atoms with Crippen LogP contribution in [0.1, 0.15) is 5.69 Å². The number of carboxylic acids is 1. The molecule has 0 bridgehead atoms. The summed E-state index contributed by atoms with van der Waals surface area (Å²) in [6.07, 6.45) is 1.34. The Labute approximate surface area is 73.4 Å². The third-order valence-electron chi connectivity index (χ3n) is 1.35. The Morgan fingerprint density at radius 2 is 2.62 bits per heavy atom. The van der Waals surface area contributed by atoms with Crippen molar-refractivity contribution in [2.24, 2.45) is 5.73 Å². The summed E-state index contributed by atoms with van der Waals surface area (Å²) in [5.74, 6) is -1.12. The van der Waals surface area contributed by atoms with Crippen LogP contribution in [-0.2, 0) is 11.3 Å². The Kier molecular flexibility index (Phi) is 2.56. The van der Waals surface area contributed by atoms with E-state index in [1.807, 2.05) is 0 Å². The van der Waals surface area contributed by atoms with Gasteiger partial charge in [-0.1, -0.05) is 5.21 Å². The minimum Gasteiger partial charge on any atom is -0.480 e. The Morgan fingerprint density at radius 1 is 1.92 bits per heavy atom. The summed E-state index contributed by atoms with van der Waals surface area (Å²) in [6.45, 7) is 0.00398. The standard InChI is InChI=1S/C6H7N5O2/c7-1-4-2-11(10-9-4)3-5(8)6(12)13/h2,5H,3,8H2,(H,12,13). The van der Waals surface area contributed by atoms with E-state index in [4.69, 9.17) is 16.1 Å². The molecule has 1 aromatic rings. The van der Waals surface area contributed by atoms with Gasteiger partial charge >= 0.3 is 5.97 Å². The normalized spacial score (nSPS) is 12.0. The third kappa shape index (κ3) is 2.25. The molecule has 1 atom stereocenters. The molecule has 0 spiro atoms. The Hall–Kier alpha value is -1.94. The number of hydrogen-bond donors (Lipinski definition) is 2. The second-order valence-electron chi connectivity index (χ2n) is 2.38. The first-order valence-electron chi connectivity index (χ1n) is 3.42. The van der Waals surface area contributed by atoms with E-state index in [9.17, 15) is 4.79 Å². The molecule has 1 aromatic heterocycles. The first kappa shape index (κ1) is 9.15. The highest BCUT2D eigenvalue weighted by Crippen LogP contribution is 1.91. The molecule has 0 aromatic carbocycles. The van der Waals surface area contributed by atoms with Crippen LogP contribution in [-0.4, -0.2) is 32.1 Å². The van der Waals surface area contributed by atoms with Gasteiger partial charge in [0.05, 0.1) is 12.7 Å². The van der Waals surface area contributed by atoms with Crippen LogP contribution in [0.4, 0.5) is 0 Å². The van der Waals surface area contributed by atoms with E-state index in [-0.39, 0.29) is 12.2 Å². The van der Waals surface area contributed by atoms with E-state index in [0.29, 0.717) is 0 Å². The number of rotatable bonds is 3. The molecule has 0 aliphatic carbocycles. The molecule has 1 unspecified atom stereocenters. The Morgan fingerprint density at radius 3 is 3.08 bits per heavy atom. The zero-order chi connectivity index (χ0) is 9.84. The quantitative estimate of drug-likeness (QED) is 0.589. The molecular formula is C6H7N5O2. The van der Waals surface area contributed by atoms with Crippen molar-refractivity contribution in [3.63, 3.8) is 0 Å². The van der Waals surface area contributed by atoms with Crippen LogP contribution in [0.25, 0.3) is 0 Å². The summed E-state index contributed by atoms with van der Waals surface area (Å²) < 4.78 is 1.22. The van der Waals surface area contributed by atoms with Gasteiger partial charge in [0.15, 0.2) is 5.69 Å². The van der Waals surface area contributed by atoms with Crippen LogP contribution in [0.3, 0.4) is 0 Å². The molecule has 0 amide bonds. The lowest BCUT2D eigenvalue weighted by atomic mass is 10.3. The molecule has 13 heavy (non-hydrogen) atoms. The average molecular weight is 181 g/mol. The molecule has 0 radical (unpaired) electrons. The van der Waals surface area contributed by atoms with Gasteiger partial charge in [0, 0.05) is 0 Å². The second kappa shape index (κ2) is 3.64. The fourth-order valence-corrected chi connectivity index (χ4v) is 0.718. The molecule has 0 fully saturated rings. The summed E-state index contributed by atoms with van der Waals surface area (Å²) in [7, 11) is 0. The maximum Gasteiger partial charge on any atom is 0.322 e. The van der Waals surface area contributed by atoms with Crippen LogP contribution >= 0.6 is 0 Å². The molecule has 68 valence electrons. The van der Waals surface area contributed by atoms with E-state index >= 15 is 0 Å². The predicted molar refractivity (Wildman–Crippen MR) is 40.3 cm³/mol. The lowest BCUT2D eigenvalue weighted by Gasteiger charge is -2.03. The summed E-state index contributed by atoms with van der Waals surface area (Å²) in [4.78, 5) is 10.3. The maximum atomic E-state index is 10.3. The monoisotopic (exact) mass is 181 g/mol. The third-order valence-corrected chi connectivity index (χ3v) is 1.35. The zero-order valence-electron chi connectivity index (χ0n) is 6.58. The predicted octanol–water partition coefficient (Wildman–Crippen LogP) is -1.44. The highest BCUT2D eigenvalue weighted by Gasteiger charge is 2.12. The SMILES string of the molecule is N#Cc1cn(CC(N)C(=O)O)nn1. The fraction of sp³-hybridized carbons (Fsp3) is 0.333. The van der Waals surface area contributed by atoms with Crippen molar-refractivity contribution in [1.29, 1.82) is 5.26 Å². The zero-order valence-corrected chi connectivity index (χ0v) is 6.58. The fourth-order valence-electron chi connectivity index (χ4n) is 0.718. The number of nitriles is 1. The van der Waals surface area contributed by atoms with Gasteiger partial charge in [0.25, 0.3) is 0 Å². The molecule has 3 N–H and O–H groups in total. The smallest absolute Gasteiger partial charge is 0.322 e. The van der Waals surface area contributed by atoms with E-state index in [1.165, 1.54) is 10.9 Å². The number of carbonyl (C=O) groups is 1. The van der Waals surface area contributed by atoms with E-state index in [2.05, 4.69) is 10.3 Å². The van der Waals surface area contributed by atoms with Crippen molar-refractivity contribution in [1.82, 2.24) is 15.0 Å². The van der Waals surface area contributed by atoms with Gasteiger partial charge in [0.2, 0.25) is 0 Å². The minimum absolute atomic E-state index is 0.00398. The van der Waals surface area contributed by atoms with Crippen LogP contribution < -0.4 is 5.73 Å². The van der Waals surface area contributed by atoms with E-state index in [1.54, 1.807) is 6.07 Å². The molecule has 7 heteroatoms.